The molecule has 4 rings (SSSR count). The number of rotatable bonds is 5. The van der Waals surface area contributed by atoms with Crippen LogP contribution in [0.25, 0.3) is 16.8 Å². The van der Waals surface area contributed by atoms with Crippen molar-refractivity contribution >= 4 is 28.8 Å². The molecule has 8 heteroatoms. The zero-order chi connectivity index (χ0) is 22.1. The lowest BCUT2D eigenvalue weighted by Crippen LogP contribution is -2.19. The Balaban J connectivity index is 1.79. The van der Waals surface area contributed by atoms with E-state index in [4.69, 9.17) is 16.3 Å². The molecular formula is C23H22ClN5O2. The summed E-state index contributed by atoms with van der Waals surface area (Å²) in [7, 11) is 1.60. The molecule has 0 aliphatic rings. The van der Waals surface area contributed by atoms with Crippen LogP contribution in [-0.2, 0) is 11.3 Å². The maximum atomic E-state index is 13.0. The molecule has 7 nitrogen and oxygen atoms in total. The number of nitrogens with zero attached hydrogens (tertiary/aromatic N) is 4. The molecule has 0 fully saturated rings. The van der Waals surface area contributed by atoms with Crippen molar-refractivity contribution in [3.05, 3.63) is 75.7 Å². The third-order valence-corrected chi connectivity index (χ3v) is 5.31. The first-order valence-corrected chi connectivity index (χ1v) is 10.1. The van der Waals surface area contributed by atoms with Crippen molar-refractivity contribution in [1.29, 1.82) is 0 Å². The molecule has 1 amide bonds. The first-order chi connectivity index (χ1) is 14.9. The van der Waals surface area contributed by atoms with Gasteiger partial charge in [0.2, 0.25) is 0 Å². The fourth-order valence-corrected chi connectivity index (χ4v) is 3.76. The second-order valence-corrected chi connectivity index (χ2v) is 7.84. The Bertz CT molecular complexity index is 1300. The second kappa shape index (κ2) is 8.45. The zero-order valence-electron chi connectivity index (χ0n) is 17.7. The van der Waals surface area contributed by atoms with Crippen LogP contribution in [0.1, 0.15) is 33.0 Å². The molecule has 0 aliphatic heterocycles. The van der Waals surface area contributed by atoms with Gasteiger partial charge in [0.25, 0.3) is 5.91 Å². The number of aromatic nitrogens is 4. The molecule has 2 aromatic carbocycles. The van der Waals surface area contributed by atoms with Crippen molar-refractivity contribution in [3.8, 4) is 11.1 Å². The Hall–Kier alpha value is -3.29. The van der Waals surface area contributed by atoms with Crippen molar-refractivity contribution in [2.45, 2.75) is 27.4 Å². The first kappa shape index (κ1) is 21.0. The molecule has 0 radical (unpaired) electrons. The summed E-state index contributed by atoms with van der Waals surface area (Å²) in [5, 5.41) is 16.8. The summed E-state index contributed by atoms with van der Waals surface area (Å²) in [4.78, 5) is 13.0. The third kappa shape index (κ3) is 4.02. The molecule has 1 N–H and O–H groups in total. The van der Waals surface area contributed by atoms with Crippen molar-refractivity contribution < 1.29 is 9.53 Å². The standard InChI is InChI=1S/C23H22ClN5O2/c1-13-8-9-18(14(2)10-13)25-23(30)21-15(3)29-22(27-26-21)20(19(28-29)12-31-4)16-6-5-7-17(24)11-16/h5-11H,12H2,1-4H3,(H,25,30). The molecule has 2 aromatic heterocycles. The van der Waals surface area contributed by atoms with Crippen molar-refractivity contribution in [1.82, 2.24) is 19.8 Å². The highest BCUT2D eigenvalue weighted by atomic mass is 35.5. The van der Waals surface area contributed by atoms with Gasteiger partial charge in [-0.25, -0.2) is 4.52 Å². The largest absolute Gasteiger partial charge is 0.378 e. The van der Waals surface area contributed by atoms with Gasteiger partial charge in [0.15, 0.2) is 11.3 Å². The van der Waals surface area contributed by atoms with Gasteiger partial charge >= 0.3 is 0 Å². The average molecular weight is 436 g/mol. The number of anilines is 1. The van der Waals surface area contributed by atoms with Gasteiger partial charge in [0, 0.05) is 17.8 Å². The highest BCUT2D eigenvalue weighted by molar-refractivity contribution is 6.30. The van der Waals surface area contributed by atoms with Crippen LogP contribution in [0, 0.1) is 20.8 Å². The smallest absolute Gasteiger partial charge is 0.278 e. The van der Waals surface area contributed by atoms with Crippen LogP contribution < -0.4 is 5.32 Å². The number of hydrogen-bond donors (Lipinski definition) is 1. The Kier molecular flexibility index (Phi) is 5.71. The highest BCUT2D eigenvalue weighted by Crippen LogP contribution is 2.30. The van der Waals surface area contributed by atoms with E-state index in [0.29, 0.717) is 22.1 Å². The molecule has 0 atom stereocenters. The molecule has 0 bridgehead atoms. The molecule has 0 spiro atoms. The fraction of sp³-hybridized carbons (Fsp3) is 0.217. The zero-order valence-corrected chi connectivity index (χ0v) is 18.5. The molecule has 0 saturated heterocycles. The Morgan fingerprint density at radius 1 is 1.13 bits per heavy atom. The molecule has 0 unspecified atom stereocenters. The van der Waals surface area contributed by atoms with Crippen LogP contribution >= 0.6 is 11.6 Å². The topological polar surface area (TPSA) is 81.4 Å². The predicted molar refractivity (Wildman–Crippen MR) is 121 cm³/mol. The summed E-state index contributed by atoms with van der Waals surface area (Å²) in [5.74, 6) is -0.341. The van der Waals surface area contributed by atoms with Crippen LogP contribution in [0.15, 0.2) is 42.5 Å². The maximum Gasteiger partial charge on any atom is 0.278 e. The van der Waals surface area contributed by atoms with E-state index in [-0.39, 0.29) is 18.2 Å². The second-order valence-electron chi connectivity index (χ2n) is 7.41. The summed E-state index contributed by atoms with van der Waals surface area (Å²) < 4.78 is 6.97. The number of halogens is 1. The number of aryl methyl sites for hydroxylation is 3. The van der Waals surface area contributed by atoms with E-state index in [1.165, 1.54) is 0 Å². The fourth-order valence-electron chi connectivity index (χ4n) is 3.57. The van der Waals surface area contributed by atoms with E-state index in [1.807, 2.05) is 50.2 Å². The van der Waals surface area contributed by atoms with Gasteiger partial charge in [0.05, 0.1) is 23.6 Å². The normalized spacial score (nSPS) is 11.1. The minimum absolute atomic E-state index is 0.205. The molecular weight excluding hydrogens is 414 g/mol. The minimum Gasteiger partial charge on any atom is -0.378 e. The van der Waals surface area contributed by atoms with Crippen molar-refractivity contribution in [2.24, 2.45) is 0 Å². The van der Waals surface area contributed by atoms with Gasteiger partial charge in [-0.05, 0) is 50.1 Å². The number of ether oxygens (including phenoxy) is 1. The lowest BCUT2D eigenvalue weighted by Gasteiger charge is -2.10. The van der Waals surface area contributed by atoms with Crippen LogP contribution in [0.4, 0.5) is 5.69 Å². The van der Waals surface area contributed by atoms with E-state index >= 15 is 0 Å². The van der Waals surface area contributed by atoms with Crippen LogP contribution in [0.2, 0.25) is 5.02 Å². The summed E-state index contributed by atoms with van der Waals surface area (Å²) in [6.45, 7) is 6.04. The summed E-state index contributed by atoms with van der Waals surface area (Å²) >= 11 is 6.19. The SMILES string of the molecule is COCc1nn2c(C)c(C(=O)Nc3ccc(C)cc3C)nnc2c1-c1cccc(Cl)c1. The Morgan fingerprint density at radius 3 is 2.65 bits per heavy atom. The van der Waals surface area contributed by atoms with Gasteiger partial charge in [-0.2, -0.15) is 5.10 Å². The number of methoxy groups -OCH3 is 1. The van der Waals surface area contributed by atoms with Gasteiger partial charge in [-0.15, -0.1) is 10.2 Å². The summed E-state index contributed by atoms with van der Waals surface area (Å²) in [6.07, 6.45) is 0. The first-order valence-electron chi connectivity index (χ1n) is 9.77. The van der Waals surface area contributed by atoms with Gasteiger partial charge < -0.3 is 10.1 Å². The number of benzene rings is 2. The molecule has 158 valence electrons. The van der Waals surface area contributed by atoms with E-state index in [2.05, 4.69) is 20.6 Å². The van der Waals surface area contributed by atoms with E-state index in [9.17, 15) is 4.79 Å². The monoisotopic (exact) mass is 435 g/mol. The summed E-state index contributed by atoms with van der Waals surface area (Å²) in [6, 6.07) is 13.3. The lowest BCUT2D eigenvalue weighted by molar-refractivity contribution is 0.102. The average Bonchev–Trinajstić information content (AvgIpc) is 3.09. The van der Waals surface area contributed by atoms with Crippen LogP contribution in [0.5, 0.6) is 0 Å². The van der Waals surface area contributed by atoms with Gasteiger partial charge in [-0.3, -0.25) is 4.79 Å². The van der Waals surface area contributed by atoms with Crippen LogP contribution in [-0.4, -0.2) is 32.8 Å². The van der Waals surface area contributed by atoms with Crippen molar-refractivity contribution in [3.63, 3.8) is 0 Å². The number of fused-ring (bicyclic) bond motifs is 1. The third-order valence-electron chi connectivity index (χ3n) is 5.08. The number of hydrogen-bond acceptors (Lipinski definition) is 5. The Morgan fingerprint density at radius 2 is 1.94 bits per heavy atom. The van der Waals surface area contributed by atoms with Crippen molar-refractivity contribution in [2.75, 3.05) is 12.4 Å². The number of carbonyl (C=O) groups excluding carboxylic acids is 1. The van der Waals surface area contributed by atoms with E-state index in [0.717, 1.165) is 27.9 Å². The number of amides is 1. The van der Waals surface area contributed by atoms with E-state index < -0.39 is 0 Å². The molecule has 4 aromatic rings. The molecule has 31 heavy (non-hydrogen) atoms. The maximum absolute atomic E-state index is 13.0. The highest BCUT2D eigenvalue weighted by Gasteiger charge is 2.22. The summed E-state index contributed by atoms with van der Waals surface area (Å²) in [5.41, 5.74) is 6.49. The molecule has 2 heterocycles. The predicted octanol–water partition coefficient (Wildman–Crippen LogP) is 4.77. The molecule has 0 saturated carbocycles. The quantitative estimate of drug-likeness (QED) is 0.488. The van der Waals surface area contributed by atoms with Gasteiger partial charge in [0.1, 0.15) is 0 Å². The number of carbonyl (C=O) groups is 1. The van der Waals surface area contributed by atoms with Crippen LogP contribution in [0.3, 0.4) is 0 Å². The number of nitrogens with one attached hydrogen (secondary N) is 1. The minimum atomic E-state index is -0.341. The van der Waals surface area contributed by atoms with Gasteiger partial charge in [-0.1, -0.05) is 41.4 Å². The lowest BCUT2D eigenvalue weighted by atomic mass is 10.1. The van der Waals surface area contributed by atoms with E-state index in [1.54, 1.807) is 24.6 Å². The molecule has 0 aliphatic carbocycles. The Labute approximate surface area is 185 Å².